The standard InChI is InChI=1S/C18H20N4O7/c1-10-6-22(18(27)21-16(10)25)7-15(24)20-12(8-23)17(26)19-5-11-2-3-13-14(4-11)29-9-28-13/h2-4,6,12,23H,5,7-9H2,1H3,(H,19,26)(H,20,24)(H,21,25,27)/t12-/m0/s1. The van der Waals surface area contributed by atoms with E-state index in [1.54, 1.807) is 18.2 Å². The molecule has 0 aliphatic carbocycles. The van der Waals surface area contributed by atoms with E-state index in [1.165, 1.54) is 13.1 Å². The highest BCUT2D eigenvalue weighted by Crippen LogP contribution is 2.32. The Bertz CT molecular complexity index is 1040. The van der Waals surface area contributed by atoms with Crippen LogP contribution in [0.1, 0.15) is 11.1 Å². The zero-order chi connectivity index (χ0) is 21.0. The molecule has 4 N–H and O–H groups in total. The van der Waals surface area contributed by atoms with E-state index in [1.807, 2.05) is 0 Å². The normalized spacial score (nSPS) is 13.0. The van der Waals surface area contributed by atoms with Crippen molar-refractivity contribution in [3.8, 4) is 11.5 Å². The van der Waals surface area contributed by atoms with Crippen LogP contribution in [0.15, 0.2) is 34.0 Å². The Balaban J connectivity index is 1.56. The van der Waals surface area contributed by atoms with Gasteiger partial charge in [-0.25, -0.2) is 4.79 Å². The molecule has 0 bridgehead atoms. The van der Waals surface area contributed by atoms with E-state index in [0.29, 0.717) is 11.5 Å². The SMILES string of the molecule is Cc1cn(CC(=O)N[C@@H](CO)C(=O)NCc2ccc3c(c2)OCO3)c(=O)[nH]c1=O. The van der Waals surface area contributed by atoms with Crippen molar-refractivity contribution in [1.82, 2.24) is 20.2 Å². The Morgan fingerprint density at radius 2 is 2.03 bits per heavy atom. The predicted octanol–water partition coefficient (Wildman–Crippen LogP) is -1.63. The molecule has 1 aromatic carbocycles. The number of H-pyrrole nitrogens is 1. The van der Waals surface area contributed by atoms with E-state index in [2.05, 4.69) is 15.6 Å². The number of hydrogen-bond acceptors (Lipinski definition) is 7. The fraction of sp³-hybridized carbons (Fsp3) is 0.333. The molecule has 0 saturated heterocycles. The molecule has 2 amide bonds. The van der Waals surface area contributed by atoms with Crippen LogP contribution in [0.2, 0.25) is 0 Å². The second-order valence-corrected chi connectivity index (χ2v) is 6.41. The lowest BCUT2D eigenvalue weighted by Gasteiger charge is -2.17. The van der Waals surface area contributed by atoms with Crippen LogP contribution in [0.5, 0.6) is 11.5 Å². The minimum absolute atomic E-state index is 0.141. The molecule has 1 aliphatic rings. The number of aromatic nitrogens is 2. The van der Waals surface area contributed by atoms with Crippen molar-refractivity contribution in [2.24, 2.45) is 0 Å². The summed E-state index contributed by atoms with van der Waals surface area (Å²) in [7, 11) is 0. The van der Waals surface area contributed by atoms with Gasteiger partial charge in [0.25, 0.3) is 5.56 Å². The van der Waals surface area contributed by atoms with Gasteiger partial charge in [0, 0.05) is 18.3 Å². The van der Waals surface area contributed by atoms with Gasteiger partial charge in [0.05, 0.1) is 6.61 Å². The molecule has 0 radical (unpaired) electrons. The largest absolute Gasteiger partial charge is 0.454 e. The van der Waals surface area contributed by atoms with Gasteiger partial charge in [-0.05, 0) is 24.6 Å². The van der Waals surface area contributed by atoms with Crippen LogP contribution in [-0.2, 0) is 22.7 Å². The zero-order valence-corrected chi connectivity index (χ0v) is 15.6. The van der Waals surface area contributed by atoms with Crippen LogP contribution in [0.3, 0.4) is 0 Å². The van der Waals surface area contributed by atoms with Gasteiger partial charge < -0.3 is 25.2 Å². The van der Waals surface area contributed by atoms with Crippen molar-refractivity contribution in [1.29, 1.82) is 0 Å². The van der Waals surface area contributed by atoms with E-state index in [0.717, 1.165) is 10.1 Å². The van der Waals surface area contributed by atoms with E-state index in [4.69, 9.17) is 9.47 Å². The second-order valence-electron chi connectivity index (χ2n) is 6.41. The Morgan fingerprint density at radius 3 is 2.79 bits per heavy atom. The average Bonchev–Trinajstić information content (AvgIpc) is 3.16. The number of aryl methyl sites for hydroxylation is 1. The van der Waals surface area contributed by atoms with Gasteiger partial charge in [-0.1, -0.05) is 6.07 Å². The topological polar surface area (TPSA) is 152 Å². The minimum Gasteiger partial charge on any atom is -0.454 e. The van der Waals surface area contributed by atoms with Gasteiger partial charge in [-0.2, -0.15) is 0 Å². The molecular formula is C18H20N4O7. The van der Waals surface area contributed by atoms with Gasteiger partial charge in [0.2, 0.25) is 18.6 Å². The molecule has 29 heavy (non-hydrogen) atoms. The summed E-state index contributed by atoms with van der Waals surface area (Å²) in [5, 5.41) is 14.4. The molecule has 0 fully saturated rings. The molecular weight excluding hydrogens is 384 g/mol. The number of nitrogens with zero attached hydrogens (tertiary/aromatic N) is 1. The van der Waals surface area contributed by atoms with Gasteiger partial charge in [-0.15, -0.1) is 0 Å². The monoisotopic (exact) mass is 404 g/mol. The highest BCUT2D eigenvalue weighted by atomic mass is 16.7. The maximum absolute atomic E-state index is 12.3. The Hall–Kier alpha value is -3.60. The van der Waals surface area contributed by atoms with Gasteiger partial charge in [-0.3, -0.25) is 23.9 Å². The average molecular weight is 404 g/mol. The molecule has 2 aromatic rings. The number of rotatable bonds is 7. The van der Waals surface area contributed by atoms with Crippen molar-refractivity contribution in [2.75, 3.05) is 13.4 Å². The third kappa shape index (κ3) is 4.82. The summed E-state index contributed by atoms with van der Waals surface area (Å²) in [5.41, 5.74) is -0.273. The molecule has 1 atom stereocenters. The lowest BCUT2D eigenvalue weighted by molar-refractivity contribution is -0.130. The second kappa shape index (κ2) is 8.61. The number of benzene rings is 1. The number of aliphatic hydroxyl groups is 1. The van der Waals surface area contributed by atoms with Crippen LogP contribution < -0.4 is 31.4 Å². The quantitative estimate of drug-likeness (QED) is 0.432. The first-order valence-corrected chi connectivity index (χ1v) is 8.74. The molecule has 154 valence electrons. The maximum atomic E-state index is 12.3. The Morgan fingerprint density at radius 1 is 1.28 bits per heavy atom. The summed E-state index contributed by atoms with van der Waals surface area (Å²) >= 11 is 0. The van der Waals surface area contributed by atoms with Crippen LogP contribution in [0.25, 0.3) is 0 Å². The number of fused-ring (bicyclic) bond motifs is 1. The van der Waals surface area contributed by atoms with Crippen molar-refractivity contribution >= 4 is 11.8 Å². The van der Waals surface area contributed by atoms with Crippen molar-refractivity contribution in [3.05, 3.63) is 56.4 Å². The summed E-state index contributed by atoms with van der Waals surface area (Å²) < 4.78 is 11.5. The van der Waals surface area contributed by atoms with Crippen LogP contribution in [0.4, 0.5) is 0 Å². The van der Waals surface area contributed by atoms with E-state index >= 15 is 0 Å². The first-order valence-electron chi connectivity index (χ1n) is 8.74. The fourth-order valence-electron chi connectivity index (χ4n) is 2.69. The highest BCUT2D eigenvalue weighted by Gasteiger charge is 2.21. The number of ether oxygens (including phenoxy) is 2. The van der Waals surface area contributed by atoms with Gasteiger partial charge in [0.15, 0.2) is 11.5 Å². The van der Waals surface area contributed by atoms with Gasteiger partial charge >= 0.3 is 5.69 Å². The number of aromatic amines is 1. The summed E-state index contributed by atoms with van der Waals surface area (Å²) in [4.78, 5) is 49.6. The number of carbonyl (C=O) groups excluding carboxylic acids is 2. The summed E-state index contributed by atoms with van der Waals surface area (Å²) in [5.74, 6) is -0.0712. The molecule has 1 aliphatic heterocycles. The van der Waals surface area contributed by atoms with Crippen molar-refractivity contribution in [2.45, 2.75) is 26.1 Å². The third-order valence-corrected chi connectivity index (χ3v) is 4.24. The molecule has 11 heteroatoms. The van der Waals surface area contributed by atoms with E-state index in [-0.39, 0.29) is 18.9 Å². The predicted molar refractivity (Wildman–Crippen MR) is 99.5 cm³/mol. The summed E-state index contributed by atoms with van der Waals surface area (Å²) in [6.07, 6.45) is 1.24. The van der Waals surface area contributed by atoms with Crippen molar-refractivity contribution in [3.63, 3.8) is 0 Å². The lowest BCUT2D eigenvalue weighted by atomic mass is 10.2. The van der Waals surface area contributed by atoms with Crippen LogP contribution in [0, 0.1) is 6.92 Å². The van der Waals surface area contributed by atoms with E-state index < -0.39 is 42.3 Å². The molecule has 0 unspecified atom stereocenters. The summed E-state index contributed by atoms with van der Waals surface area (Å²) in [6, 6.07) is 4.00. The number of nitrogens with one attached hydrogen (secondary N) is 3. The number of aliphatic hydroxyl groups excluding tert-OH is 1. The summed E-state index contributed by atoms with van der Waals surface area (Å²) in [6.45, 7) is 0.746. The van der Waals surface area contributed by atoms with Crippen molar-refractivity contribution < 1.29 is 24.2 Å². The molecule has 0 saturated carbocycles. The van der Waals surface area contributed by atoms with E-state index in [9.17, 15) is 24.3 Å². The molecule has 2 heterocycles. The minimum atomic E-state index is -1.20. The first-order chi connectivity index (χ1) is 13.9. The first kappa shape index (κ1) is 20.1. The van der Waals surface area contributed by atoms with Crippen LogP contribution >= 0.6 is 0 Å². The Labute approximate surface area is 164 Å². The van der Waals surface area contributed by atoms with Crippen LogP contribution in [-0.4, -0.2) is 45.9 Å². The molecule has 0 spiro atoms. The molecule has 11 nitrogen and oxygen atoms in total. The zero-order valence-electron chi connectivity index (χ0n) is 15.6. The molecule has 3 rings (SSSR count). The number of amides is 2. The highest BCUT2D eigenvalue weighted by molar-refractivity contribution is 5.87. The fourth-order valence-corrected chi connectivity index (χ4v) is 2.69. The third-order valence-electron chi connectivity index (χ3n) is 4.24. The molecule has 1 aromatic heterocycles. The van der Waals surface area contributed by atoms with Gasteiger partial charge in [0.1, 0.15) is 12.6 Å². The lowest BCUT2D eigenvalue weighted by Crippen LogP contribution is -2.50. The number of carbonyl (C=O) groups is 2. The smallest absolute Gasteiger partial charge is 0.328 e. The number of hydrogen-bond donors (Lipinski definition) is 4. The Kier molecular flexibility index (Phi) is 5.98. The maximum Gasteiger partial charge on any atom is 0.328 e.